The highest BCUT2D eigenvalue weighted by atomic mass is 16.5. The molecule has 3 aromatic rings. The number of hydrogen-bond acceptors (Lipinski definition) is 5. The number of furan rings is 1. The van der Waals surface area contributed by atoms with E-state index in [1.165, 1.54) is 6.92 Å². The summed E-state index contributed by atoms with van der Waals surface area (Å²) in [6.45, 7) is 3.82. The van der Waals surface area contributed by atoms with Crippen LogP contribution in [0.2, 0.25) is 0 Å². The summed E-state index contributed by atoms with van der Waals surface area (Å²) < 4.78 is 16.4. The van der Waals surface area contributed by atoms with Crippen molar-refractivity contribution in [2.75, 3.05) is 6.61 Å². The maximum Gasteiger partial charge on any atom is 0.374 e. The highest BCUT2D eigenvalue weighted by Crippen LogP contribution is 2.23. The molecule has 0 saturated carbocycles. The van der Waals surface area contributed by atoms with Crippen LogP contribution in [0.15, 0.2) is 52.9 Å². The Morgan fingerprint density at radius 3 is 2.60 bits per heavy atom. The van der Waals surface area contributed by atoms with Crippen molar-refractivity contribution in [1.29, 1.82) is 0 Å². The first-order chi connectivity index (χ1) is 12.1. The van der Waals surface area contributed by atoms with Gasteiger partial charge in [-0.15, -0.1) is 0 Å². The summed E-state index contributed by atoms with van der Waals surface area (Å²) in [5.74, 6) is 0.103. The van der Waals surface area contributed by atoms with Crippen LogP contribution < -0.4 is 4.74 Å². The smallest absolute Gasteiger partial charge is 0.374 e. The Hall–Kier alpha value is -3.08. The van der Waals surface area contributed by atoms with Crippen LogP contribution in [0.25, 0.3) is 11.0 Å². The van der Waals surface area contributed by atoms with E-state index < -0.39 is 5.97 Å². The van der Waals surface area contributed by atoms with Gasteiger partial charge in [-0.3, -0.25) is 4.79 Å². The van der Waals surface area contributed by atoms with Gasteiger partial charge in [-0.05, 0) is 44.2 Å². The molecule has 0 aliphatic carbocycles. The largest absolute Gasteiger partial charge is 0.493 e. The molecule has 0 radical (unpaired) electrons. The lowest BCUT2D eigenvalue weighted by Gasteiger charge is -2.11. The van der Waals surface area contributed by atoms with Crippen LogP contribution in [0.5, 0.6) is 5.75 Å². The van der Waals surface area contributed by atoms with Crippen molar-refractivity contribution in [3.05, 3.63) is 65.4 Å². The molecule has 0 spiro atoms. The summed E-state index contributed by atoms with van der Waals surface area (Å²) in [4.78, 5) is 23.8. The lowest BCUT2D eigenvalue weighted by molar-refractivity contribution is 0.0435. The minimum absolute atomic E-state index is 0.00761. The number of hydrogen-bond donors (Lipinski definition) is 0. The fourth-order valence-electron chi connectivity index (χ4n) is 2.50. The van der Waals surface area contributed by atoms with Crippen LogP contribution in [-0.2, 0) is 11.3 Å². The summed E-state index contributed by atoms with van der Waals surface area (Å²) in [6.07, 6.45) is 0. The molecule has 128 valence electrons. The Morgan fingerprint density at radius 2 is 1.88 bits per heavy atom. The van der Waals surface area contributed by atoms with E-state index in [1.54, 1.807) is 30.3 Å². The zero-order valence-electron chi connectivity index (χ0n) is 14.1. The van der Waals surface area contributed by atoms with Crippen molar-refractivity contribution in [2.24, 2.45) is 0 Å². The number of para-hydroxylation sites is 1. The van der Waals surface area contributed by atoms with Gasteiger partial charge < -0.3 is 13.9 Å². The van der Waals surface area contributed by atoms with Crippen molar-refractivity contribution < 1.29 is 23.5 Å². The number of fused-ring (bicyclic) bond motifs is 1. The third kappa shape index (κ3) is 3.71. The lowest BCUT2D eigenvalue weighted by Crippen LogP contribution is -2.07. The molecular weight excluding hydrogens is 320 g/mol. The van der Waals surface area contributed by atoms with Gasteiger partial charge in [0.2, 0.25) is 5.76 Å². The van der Waals surface area contributed by atoms with Crippen molar-refractivity contribution in [2.45, 2.75) is 20.5 Å². The second-order valence-corrected chi connectivity index (χ2v) is 5.54. The zero-order valence-corrected chi connectivity index (χ0v) is 14.1. The van der Waals surface area contributed by atoms with Gasteiger partial charge in [-0.1, -0.05) is 18.2 Å². The number of ether oxygens (including phenoxy) is 2. The molecule has 1 heterocycles. The average molecular weight is 338 g/mol. The van der Waals surface area contributed by atoms with Gasteiger partial charge in [0.05, 0.1) is 6.61 Å². The molecule has 1 aromatic heterocycles. The molecule has 25 heavy (non-hydrogen) atoms. The molecule has 0 atom stereocenters. The molecule has 0 unspecified atom stereocenters. The Morgan fingerprint density at radius 1 is 1.08 bits per heavy atom. The number of carbonyl (C=O) groups excluding carboxylic acids is 2. The summed E-state index contributed by atoms with van der Waals surface area (Å²) in [5, 5.41) is 0.836. The molecule has 0 fully saturated rings. The summed E-state index contributed by atoms with van der Waals surface area (Å²) in [7, 11) is 0. The van der Waals surface area contributed by atoms with Gasteiger partial charge in [0.25, 0.3) is 0 Å². The van der Waals surface area contributed by atoms with Gasteiger partial charge in [-0.25, -0.2) is 4.79 Å². The number of benzene rings is 2. The highest BCUT2D eigenvalue weighted by molar-refractivity contribution is 5.94. The lowest BCUT2D eigenvalue weighted by atomic mass is 10.1. The second kappa shape index (κ2) is 7.21. The third-order valence-electron chi connectivity index (χ3n) is 3.75. The van der Waals surface area contributed by atoms with E-state index >= 15 is 0 Å². The molecule has 5 nitrogen and oxygen atoms in total. The molecule has 0 aliphatic heterocycles. The summed E-state index contributed by atoms with van der Waals surface area (Å²) in [6, 6.07) is 14.1. The number of ketones is 1. The Kier molecular flexibility index (Phi) is 4.84. The number of rotatable bonds is 6. The molecule has 0 aliphatic rings. The Bertz CT molecular complexity index is 890. The fraction of sp³-hybridized carbons (Fsp3) is 0.200. The van der Waals surface area contributed by atoms with Gasteiger partial charge in [0, 0.05) is 16.5 Å². The molecule has 0 N–H and O–H groups in total. The predicted molar refractivity (Wildman–Crippen MR) is 92.9 cm³/mol. The standard InChI is InChI=1S/C20H18O5/c1-3-23-17-9-8-14(13(2)21)10-16(17)12-24-20(22)19-11-15-6-4-5-7-18(15)25-19/h4-11H,3,12H2,1-2H3. The van der Waals surface area contributed by atoms with E-state index in [4.69, 9.17) is 13.9 Å². The van der Waals surface area contributed by atoms with Gasteiger partial charge in [0.1, 0.15) is 17.9 Å². The van der Waals surface area contributed by atoms with E-state index in [0.29, 0.717) is 29.1 Å². The number of esters is 1. The first-order valence-electron chi connectivity index (χ1n) is 8.01. The molecule has 2 aromatic carbocycles. The topological polar surface area (TPSA) is 65.7 Å². The maximum atomic E-state index is 12.3. The maximum absolute atomic E-state index is 12.3. The predicted octanol–water partition coefficient (Wildman–Crippen LogP) is 4.39. The van der Waals surface area contributed by atoms with Crippen molar-refractivity contribution in [3.8, 4) is 5.75 Å². The monoisotopic (exact) mass is 338 g/mol. The molecular formula is C20H18O5. The fourth-order valence-corrected chi connectivity index (χ4v) is 2.50. The van der Waals surface area contributed by atoms with Crippen LogP contribution in [0.4, 0.5) is 0 Å². The Balaban J connectivity index is 1.78. The van der Waals surface area contributed by atoms with Crippen molar-refractivity contribution in [3.63, 3.8) is 0 Å². The van der Waals surface area contributed by atoms with E-state index in [0.717, 1.165) is 5.39 Å². The van der Waals surface area contributed by atoms with Crippen molar-refractivity contribution in [1.82, 2.24) is 0 Å². The van der Waals surface area contributed by atoms with E-state index in [-0.39, 0.29) is 18.2 Å². The summed E-state index contributed by atoms with van der Waals surface area (Å²) in [5.41, 5.74) is 1.81. The van der Waals surface area contributed by atoms with Crippen LogP contribution in [0.3, 0.4) is 0 Å². The quantitative estimate of drug-likeness (QED) is 0.492. The summed E-state index contributed by atoms with van der Waals surface area (Å²) >= 11 is 0. The SMILES string of the molecule is CCOc1ccc(C(C)=O)cc1COC(=O)c1cc2ccccc2o1. The van der Waals surface area contributed by atoms with Crippen LogP contribution in [0, 0.1) is 0 Å². The van der Waals surface area contributed by atoms with E-state index in [1.807, 2.05) is 25.1 Å². The van der Waals surface area contributed by atoms with Gasteiger partial charge >= 0.3 is 5.97 Å². The number of Topliss-reactive ketones (excluding diaryl/α,β-unsaturated/α-hetero) is 1. The molecule has 0 bridgehead atoms. The van der Waals surface area contributed by atoms with Gasteiger partial charge in [0.15, 0.2) is 5.78 Å². The molecule has 0 amide bonds. The first-order valence-corrected chi connectivity index (χ1v) is 8.01. The highest BCUT2D eigenvalue weighted by Gasteiger charge is 2.15. The Labute approximate surface area is 145 Å². The minimum atomic E-state index is -0.563. The number of carbonyl (C=O) groups is 2. The van der Waals surface area contributed by atoms with Gasteiger partial charge in [-0.2, -0.15) is 0 Å². The van der Waals surface area contributed by atoms with Crippen LogP contribution in [0.1, 0.15) is 40.3 Å². The van der Waals surface area contributed by atoms with E-state index in [9.17, 15) is 9.59 Å². The van der Waals surface area contributed by atoms with E-state index in [2.05, 4.69) is 0 Å². The van der Waals surface area contributed by atoms with Crippen molar-refractivity contribution >= 4 is 22.7 Å². The first kappa shape index (κ1) is 16.8. The minimum Gasteiger partial charge on any atom is -0.493 e. The molecule has 5 heteroatoms. The normalized spacial score (nSPS) is 10.6. The molecule has 0 saturated heterocycles. The second-order valence-electron chi connectivity index (χ2n) is 5.54. The van der Waals surface area contributed by atoms with Crippen LogP contribution in [-0.4, -0.2) is 18.4 Å². The zero-order chi connectivity index (χ0) is 17.8. The third-order valence-corrected chi connectivity index (χ3v) is 3.75. The molecule has 3 rings (SSSR count). The average Bonchev–Trinajstić information content (AvgIpc) is 3.05. The van der Waals surface area contributed by atoms with Crippen LogP contribution >= 0.6 is 0 Å².